The molecule has 0 saturated heterocycles. The summed E-state index contributed by atoms with van der Waals surface area (Å²) in [6, 6.07) is 13.2. The Bertz CT molecular complexity index is 620. The lowest BCUT2D eigenvalue weighted by molar-refractivity contribution is 0.0485. The minimum absolute atomic E-state index is 0.233. The van der Waals surface area contributed by atoms with Crippen molar-refractivity contribution in [2.45, 2.75) is 0 Å². The minimum Gasteiger partial charge on any atom is -0.493 e. The Balaban J connectivity index is 0.000000251. The zero-order valence-corrected chi connectivity index (χ0v) is 16.9. The van der Waals surface area contributed by atoms with E-state index in [1.807, 2.05) is 42.5 Å². The molecule has 0 heterocycles. The highest BCUT2D eigenvalue weighted by atomic mass is 127. The van der Waals surface area contributed by atoms with Crippen molar-refractivity contribution in [3.05, 3.63) is 46.0 Å². The van der Waals surface area contributed by atoms with E-state index in [-0.39, 0.29) is 13.6 Å². The van der Waals surface area contributed by atoms with Crippen LogP contribution in [0, 0.1) is 3.57 Å². The van der Waals surface area contributed by atoms with E-state index < -0.39 is 0 Å². The Morgan fingerprint density at radius 3 is 1.84 bits per heavy atom. The van der Waals surface area contributed by atoms with Gasteiger partial charge in [-0.25, -0.2) is 0 Å². The van der Waals surface area contributed by atoms with Gasteiger partial charge < -0.3 is 28.4 Å². The third-order valence-corrected chi connectivity index (χ3v) is 3.72. The van der Waals surface area contributed by atoms with Gasteiger partial charge in [0, 0.05) is 14.2 Å². The van der Waals surface area contributed by atoms with Crippen LogP contribution in [-0.2, 0) is 9.47 Å². The summed E-state index contributed by atoms with van der Waals surface area (Å²) < 4.78 is 31.4. The first-order valence-electron chi connectivity index (χ1n) is 7.36. The molecule has 138 valence electrons. The lowest BCUT2D eigenvalue weighted by Gasteiger charge is -2.10. The third-order valence-electron chi connectivity index (χ3n) is 2.87. The molecule has 2 aromatic rings. The van der Waals surface area contributed by atoms with Crippen LogP contribution in [0.3, 0.4) is 0 Å². The molecule has 7 heteroatoms. The Kier molecular flexibility index (Phi) is 10.8. The van der Waals surface area contributed by atoms with Gasteiger partial charge in [-0.15, -0.1) is 0 Å². The predicted molar refractivity (Wildman–Crippen MR) is 104 cm³/mol. The minimum atomic E-state index is 0.233. The molecule has 6 nitrogen and oxygen atoms in total. The summed E-state index contributed by atoms with van der Waals surface area (Å²) in [6.07, 6.45) is 0. The van der Waals surface area contributed by atoms with Crippen LogP contribution in [0.1, 0.15) is 0 Å². The number of ether oxygens (including phenoxy) is 6. The molecule has 0 unspecified atom stereocenters. The summed E-state index contributed by atoms with van der Waals surface area (Å²) in [5.41, 5.74) is 0. The van der Waals surface area contributed by atoms with Gasteiger partial charge in [0.2, 0.25) is 0 Å². The van der Waals surface area contributed by atoms with Crippen LogP contribution in [0.5, 0.6) is 23.0 Å². The van der Waals surface area contributed by atoms with Crippen molar-refractivity contribution < 1.29 is 28.4 Å². The standard InChI is InChI=1S/C9H11IO3.C9H12O3/c1-11-6-13-9-7(10)4-3-5-8(9)12-2;1-10-7-12-9-6-4-3-5-8(9)11-2/h3-5H,6H2,1-2H3;3-6H,7H2,1-2H3. The molecule has 0 aliphatic heterocycles. The molecule has 0 saturated carbocycles. The first-order valence-corrected chi connectivity index (χ1v) is 8.44. The zero-order chi connectivity index (χ0) is 18.5. The molecule has 0 bridgehead atoms. The monoisotopic (exact) mass is 462 g/mol. The fraction of sp³-hybridized carbons (Fsp3) is 0.333. The summed E-state index contributed by atoms with van der Waals surface area (Å²) in [4.78, 5) is 0. The van der Waals surface area contributed by atoms with E-state index in [0.717, 1.165) is 20.8 Å². The topological polar surface area (TPSA) is 55.4 Å². The SMILES string of the molecule is COCOc1c(I)cccc1OC.COCOc1ccccc1OC. The van der Waals surface area contributed by atoms with Gasteiger partial charge in [0.05, 0.1) is 17.8 Å². The van der Waals surface area contributed by atoms with Crippen LogP contribution in [0.25, 0.3) is 0 Å². The van der Waals surface area contributed by atoms with Crippen LogP contribution in [0.2, 0.25) is 0 Å². The second kappa shape index (κ2) is 12.6. The number of hydrogen-bond acceptors (Lipinski definition) is 6. The number of halogens is 1. The highest BCUT2D eigenvalue weighted by Gasteiger charge is 2.07. The molecule has 0 aromatic heterocycles. The summed E-state index contributed by atoms with van der Waals surface area (Å²) in [5, 5.41) is 0. The van der Waals surface area contributed by atoms with Gasteiger partial charge >= 0.3 is 0 Å². The van der Waals surface area contributed by atoms with Crippen molar-refractivity contribution in [3.63, 3.8) is 0 Å². The Morgan fingerprint density at radius 1 is 0.680 bits per heavy atom. The van der Waals surface area contributed by atoms with E-state index in [0.29, 0.717) is 5.75 Å². The van der Waals surface area contributed by atoms with Crippen LogP contribution in [0.15, 0.2) is 42.5 Å². The van der Waals surface area contributed by atoms with E-state index in [1.165, 1.54) is 0 Å². The molecule has 0 N–H and O–H groups in total. The number of methoxy groups -OCH3 is 4. The normalized spacial score (nSPS) is 9.64. The van der Waals surface area contributed by atoms with Gasteiger partial charge in [-0.3, -0.25) is 0 Å². The fourth-order valence-electron chi connectivity index (χ4n) is 1.77. The molecule has 0 radical (unpaired) electrons. The van der Waals surface area contributed by atoms with E-state index in [4.69, 9.17) is 28.4 Å². The average Bonchev–Trinajstić information content (AvgIpc) is 2.66. The van der Waals surface area contributed by atoms with E-state index in [1.54, 1.807) is 28.4 Å². The van der Waals surface area contributed by atoms with Gasteiger partial charge in [-0.1, -0.05) is 18.2 Å². The largest absolute Gasteiger partial charge is 0.493 e. The second-order valence-corrected chi connectivity index (χ2v) is 5.69. The molecule has 0 spiro atoms. The second-order valence-electron chi connectivity index (χ2n) is 4.52. The van der Waals surface area contributed by atoms with E-state index in [2.05, 4.69) is 22.6 Å². The van der Waals surface area contributed by atoms with Crippen molar-refractivity contribution in [3.8, 4) is 23.0 Å². The van der Waals surface area contributed by atoms with Crippen molar-refractivity contribution in [2.24, 2.45) is 0 Å². The lowest BCUT2D eigenvalue weighted by Crippen LogP contribution is -2.02. The third kappa shape index (κ3) is 7.37. The molecule has 0 aliphatic carbocycles. The summed E-state index contributed by atoms with van der Waals surface area (Å²) in [6.45, 7) is 0.469. The Hall–Kier alpha value is -1.71. The number of benzene rings is 2. The van der Waals surface area contributed by atoms with Crippen molar-refractivity contribution in [2.75, 3.05) is 42.0 Å². The van der Waals surface area contributed by atoms with E-state index >= 15 is 0 Å². The highest BCUT2D eigenvalue weighted by molar-refractivity contribution is 14.1. The maximum absolute atomic E-state index is 5.35. The molecule has 2 rings (SSSR count). The predicted octanol–water partition coefficient (Wildman–Crippen LogP) is 3.96. The molecule has 0 fully saturated rings. The zero-order valence-electron chi connectivity index (χ0n) is 14.8. The smallest absolute Gasteiger partial charge is 0.188 e. The van der Waals surface area contributed by atoms with Gasteiger partial charge in [0.1, 0.15) is 0 Å². The van der Waals surface area contributed by atoms with Gasteiger partial charge in [0.15, 0.2) is 36.6 Å². The van der Waals surface area contributed by atoms with Gasteiger partial charge in [0.25, 0.3) is 0 Å². The molecule has 0 amide bonds. The van der Waals surface area contributed by atoms with E-state index in [9.17, 15) is 0 Å². The fourth-order valence-corrected chi connectivity index (χ4v) is 2.40. The van der Waals surface area contributed by atoms with Crippen LogP contribution in [0.4, 0.5) is 0 Å². The Morgan fingerprint density at radius 2 is 1.24 bits per heavy atom. The first-order chi connectivity index (χ1) is 12.2. The molecular formula is C18H23IO6. The molecule has 0 aliphatic rings. The van der Waals surface area contributed by atoms with Crippen LogP contribution >= 0.6 is 22.6 Å². The quantitative estimate of drug-likeness (QED) is 0.438. The van der Waals surface area contributed by atoms with Crippen molar-refractivity contribution >= 4 is 22.6 Å². The van der Waals surface area contributed by atoms with Crippen LogP contribution in [-0.4, -0.2) is 42.0 Å². The lowest BCUT2D eigenvalue weighted by atomic mass is 10.3. The van der Waals surface area contributed by atoms with Crippen LogP contribution < -0.4 is 18.9 Å². The maximum atomic E-state index is 5.35. The highest BCUT2D eigenvalue weighted by Crippen LogP contribution is 2.31. The van der Waals surface area contributed by atoms with Gasteiger partial charge in [-0.2, -0.15) is 0 Å². The first kappa shape index (κ1) is 21.3. The number of rotatable bonds is 8. The van der Waals surface area contributed by atoms with Crippen molar-refractivity contribution in [1.82, 2.24) is 0 Å². The molecule has 0 atom stereocenters. The summed E-state index contributed by atoms with van der Waals surface area (Å²) >= 11 is 2.19. The van der Waals surface area contributed by atoms with Gasteiger partial charge in [-0.05, 0) is 46.9 Å². The summed E-state index contributed by atoms with van der Waals surface area (Å²) in [7, 11) is 6.39. The molecule has 25 heavy (non-hydrogen) atoms. The van der Waals surface area contributed by atoms with Crippen molar-refractivity contribution in [1.29, 1.82) is 0 Å². The maximum Gasteiger partial charge on any atom is 0.188 e. The molecule has 2 aromatic carbocycles. The number of hydrogen-bond donors (Lipinski definition) is 0. The summed E-state index contributed by atoms with van der Waals surface area (Å²) in [5.74, 6) is 2.87. The average molecular weight is 462 g/mol. The molecular weight excluding hydrogens is 439 g/mol. The Labute approximate surface area is 162 Å². The number of para-hydroxylation sites is 3.